The molecule has 3 heterocycles. The van der Waals surface area contributed by atoms with E-state index in [9.17, 15) is 4.79 Å². The molecule has 1 amide bonds. The zero-order valence-electron chi connectivity index (χ0n) is 14.6. The third-order valence-corrected chi connectivity index (χ3v) is 4.85. The number of amides is 1. The summed E-state index contributed by atoms with van der Waals surface area (Å²) in [6.07, 6.45) is 7.26. The molecule has 2 aliphatic rings. The van der Waals surface area contributed by atoms with Gasteiger partial charge in [-0.15, -0.1) is 0 Å². The highest BCUT2D eigenvalue weighted by Crippen LogP contribution is 2.29. The number of hydrogen-bond donors (Lipinski definition) is 0. The second kappa shape index (κ2) is 7.70. The molecule has 5 heteroatoms. The predicted molar refractivity (Wildman–Crippen MR) is 97.5 cm³/mol. The molecule has 2 aromatic rings. The highest BCUT2D eigenvalue weighted by atomic mass is 16.6. The molecule has 2 atom stereocenters. The summed E-state index contributed by atoms with van der Waals surface area (Å²) >= 11 is 0. The minimum Gasteiger partial charge on any atom is -0.445 e. The highest BCUT2D eigenvalue weighted by molar-refractivity contribution is 5.69. The molecule has 1 aromatic heterocycles. The SMILES string of the molecule is O=C(OCc1ccccc1)N1C2C=C(Cc3cccnc3)CC1COC2. The van der Waals surface area contributed by atoms with Crippen molar-refractivity contribution in [3.05, 3.63) is 77.6 Å². The summed E-state index contributed by atoms with van der Waals surface area (Å²) in [6.45, 7) is 1.37. The summed E-state index contributed by atoms with van der Waals surface area (Å²) in [5.74, 6) is 0. The van der Waals surface area contributed by atoms with Crippen molar-refractivity contribution >= 4 is 6.09 Å². The molecule has 2 aliphatic heterocycles. The van der Waals surface area contributed by atoms with E-state index in [2.05, 4.69) is 17.1 Å². The fourth-order valence-corrected chi connectivity index (χ4v) is 3.66. The van der Waals surface area contributed by atoms with Crippen molar-refractivity contribution in [2.24, 2.45) is 0 Å². The molecule has 0 saturated carbocycles. The number of fused-ring (bicyclic) bond motifs is 2. The van der Waals surface area contributed by atoms with E-state index in [-0.39, 0.29) is 18.2 Å². The quantitative estimate of drug-likeness (QED) is 0.794. The monoisotopic (exact) mass is 350 g/mol. The van der Waals surface area contributed by atoms with E-state index in [1.54, 1.807) is 6.20 Å². The highest BCUT2D eigenvalue weighted by Gasteiger charge is 2.38. The number of hydrogen-bond acceptors (Lipinski definition) is 4. The third kappa shape index (κ3) is 3.78. The predicted octanol–water partition coefficient (Wildman–Crippen LogP) is 3.36. The summed E-state index contributed by atoms with van der Waals surface area (Å²) < 4.78 is 11.2. The maximum atomic E-state index is 12.7. The van der Waals surface area contributed by atoms with Gasteiger partial charge in [-0.2, -0.15) is 0 Å². The van der Waals surface area contributed by atoms with Gasteiger partial charge in [0.25, 0.3) is 0 Å². The van der Waals surface area contributed by atoms with Gasteiger partial charge in [-0.3, -0.25) is 9.88 Å². The zero-order valence-corrected chi connectivity index (χ0v) is 14.6. The molecule has 2 unspecified atom stereocenters. The summed E-state index contributed by atoms with van der Waals surface area (Å²) in [5.41, 5.74) is 3.52. The number of nitrogens with zero attached hydrogens (tertiary/aromatic N) is 2. The van der Waals surface area contributed by atoms with Gasteiger partial charge in [0, 0.05) is 12.4 Å². The van der Waals surface area contributed by atoms with Crippen molar-refractivity contribution in [3.63, 3.8) is 0 Å². The largest absolute Gasteiger partial charge is 0.445 e. The lowest BCUT2D eigenvalue weighted by atomic mass is 9.91. The Bertz CT molecular complexity index is 776. The molecular formula is C21H22N2O3. The smallest absolute Gasteiger partial charge is 0.411 e. The fraction of sp³-hybridized carbons (Fsp3) is 0.333. The molecule has 0 radical (unpaired) electrons. The number of aromatic nitrogens is 1. The van der Waals surface area contributed by atoms with Gasteiger partial charge in [-0.1, -0.05) is 48.0 Å². The molecule has 0 aliphatic carbocycles. The third-order valence-electron chi connectivity index (χ3n) is 4.85. The van der Waals surface area contributed by atoms with E-state index >= 15 is 0 Å². The second-order valence-corrected chi connectivity index (χ2v) is 6.77. The van der Waals surface area contributed by atoms with E-state index in [0.29, 0.717) is 19.8 Å². The van der Waals surface area contributed by atoms with Gasteiger partial charge in [0.2, 0.25) is 0 Å². The summed E-state index contributed by atoms with van der Waals surface area (Å²) in [6, 6.07) is 13.8. The number of rotatable bonds is 4. The number of morpholine rings is 1. The minimum absolute atomic E-state index is 0.0358. The van der Waals surface area contributed by atoms with Crippen molar-refractivity contribution in [1.29, 1.82) is 0 Å². The van der Waals surface area contributed by atoms with Gasteiger partial charge in [0.05, 0.1) is 25.3 Å². The Labute approximate surface area is 153 Å². The number of carbonyl (C=O) groups is 1. The van der Waals surface area contributed by atoms with Gasteiger partial charge in [0.15, 0.2) is 0 Å². The Morgan fingerprint density at radius 2 is 2.00 bits per heavy atom. The van der Waals surface area contributed by atoms with Crippen LogP contribution in [0.4, 0.5) is 4.79 Å². The van der Waals surface area contributed by atoms with E-state index in [1.165, 1.54) is 11.1 Å². The Hall–Kier alpha value is -2.66. The number of ether oxygens (including phenoxy) is 2. The van der Waals surface area contributed by atoms with E-state index < -0.39 is 0 Å². The molecule has 5 nitrogen and oxygen atoms in total. The molecule has 0 spiro atoms. The second-order valence-electron chi connectivity index (χ2n) is 6.77. The van der Waals surface area contributed by atoms with Crippen LogP contribution in [0, 0.1) is 0 Å². The number of pyridine rings is 1. The molecule has 4 rings (SSSR count). The van der Waals surface area contributed by atoms with E-state index in [1.807, 2.05) is 47.5 Å². The average molecular weight is 350 g/mol. The summed E-state index contributed by atoms with van der Waals surface area (Å²) in [7, 11) is 0. The normalized spacial score (nSPS) is 21.8. The van der Waals surface area contributed by atoms with Crippen molar-refractivity contribution in [2.45, 2.75) is 31.5 Å². The van der Waals surface area contributed by atoms with Crippen LogP contribution < -0.4 is 0 Å². The molecular weight excluding hydrogens is 328 g/mol. The molecule has 1 aromatic carbocycles. The summed E-state index contributed by atoms with van der Waals surface area (Å²) in [4.78, 5) is 18.7. The molecule has 26 heavy (non-hydrogen) atoms. The van der Waals surface area contributed by atoms with Crippen LogP contribution in [0.2, 0.25) is 0 Å². The molecule has 1 fully saturated rings. The molecule has 2 bridgehead atoms. The van der Waals surface area contributed by atoms with Crippen LogP contribution in [0.3, 0.4) is 0 Å². The molecule has 1 saturated heterocycles. The summed E-state index contributed by atoms with van der Waals surface area (Å²) in [5, 5.41) is 0. The first-order valence-corrected chi connectivity index (χ1v) is 8.95. The maximum Gasteiger partial charge on any atom is 0.411 e. The van der Waals surface area contributed by atoms with E-state index in [0.717, 1.165) is 18.4 Å². The standard InChI is InChI=1S/C21H22N2O3/c24-21(26-13-16-5-2-1-3-6-16)23-19-10-18(11-20(23)15-25-14-19)9-17-7-4-8-22-12-17/h1-8,10,12,19-20H,9,11,13-15H2. The van der Waals surface area contributed by atoms with Crippen LogP contribution in [-0.4, -0.2) is 41.3 Å². The first-order valence-electron chi connectivity index (χ1n) is 8.95. The van der Waals surface area contributed by atoms with E-state index in [4.69, 9.17) is 9.47 Å². The van der Waals surface area contributed by atoms with Gasteiger partial charge < -0.3 is 9.47 Å². The van der Waals surface area contributed by atoms with Crippen molar-refractivity contribution in [1.82, 2.24) is 9.88 Å². The van der Waals surface area contributed by atoms with Crippen LogP contribution in [0.1, 0.15) is 17.5 Å². The minimum atomic E-state index is -0.260. The average Bonchev–Trinajstić information content (AvgIpc) is 2.67. The maximum absolute atomic E-state index is 12.7. The molecule has 0 N–H and O–H groups in total. The lowest BCUT2D eigenvalue weighted by Crippen LogP contribution is -2.56. The van der Waals surface area contributed by atoms with Gasteiger partial charge in [-0.25, -0.2) is 4.79 Å². The van der Waals surface area contributed by atoms with Gasteiger partial charge in [-0.05, 0) is 30.0 Å². The number of carbonyl (C=O) groups excluding carboxylic acids is 1. The first-order chi connectivity index (χ1) is 12.8. The molecule has 134 valence electrons. The van der Waals surface area contributed by atoms with Crippen LogP contribution in [-0.2, 0) is 22.5 Å². The lowest BCUT2D eigenvalue weighted by molar-refractivity contribution is -0.0374. The van der Waals surface area contributed by atoms with Crippen molar-refractivity contribution < 1.29 is 14.3 Å². The topological polar surface area (TPSA) is 51.7 Å². The Kier molecular flexibility index (Phi) is 4.97. The van der Waals surface area contributed by atoms with Crippen molar-refractivity contribution in [3.8, 4) is 0 Å². The van der Waals surface area contributed by atoms with Crippen LogP contribution in [0.25, 0.3) is 0 Å². The van der Waals surface area contributed by atoms with Gasteiger partial charge >= 0.3 is 6.09 Å². The lowest BCUT2D eigenvalue weighted by Gasteiger charge is -2.43. The van der Waals surface area contributed by atoms with Gasteiger partial charge in [0.1, 0.15) is 6.61 Å². The Morgan fingerprint density at radius 3 is 2.77 bits per heavy atom. The first kappa shape index (κ1) is 16.8. The zero-order chi connectivity index (χ0) is 17.8. The van der Waals surface area contributed by atoms with Crippen molar-refractivity contribution in [2.75, 3.05) is 13.2 Å². The fourth-order valence-electron chi connectivity index (χ4n) is 3.66. The Balaban J connectivity index is 1.43. The Morgan fingerprint density at radius 1 is 1.15 bits per heavy atom. The number of benzene rings is 1. The van der Waals surface area contributed by atoms with Crippen LogP contribution in [0.5, 0.6) is 0 Å². The van der Waals surface area contributed by atoms with Crippen LogP contribution >= 0.6 is 0 Å². The van der Waals surface area contributed by atoms with Crippen LogP contribution in [0.15, 0.2) is 66.5 Å².